The largest absolute Gasteiger partial charge is 0.458 e. The van der Waals surface area contributed by atoms with Gasteiger partial charge in [0.15, 0.2) is 0 Å². The van der Waals surface area contributed by atoms with E-state index in [1.807, 2.05) is 54.6 Å². The van der Waals surface area contributed by atoms with Gasteiger partial charge in [-0.3, -0.25) is 9.36 Å². The minimum absolute atomic E-state index is 0.227. The van der Waals surface area contributed by atoms with Gasteiger partial charge in [-0.05, 0) is 16.7 Å². The van der Waals surface area contributed by atoms with Crippen LogP contribution in [-0.4, -0.2) is 28.4 Å². The summed E-state index contributed by atoms with van der Waals surface area (Å²) in [5, 5.41) is 0. The fourth-order valence-corrected chi connectivity index (χ4v) is 4.96. The summed E-state index contributed by atoms with van der Waals surface area (Å²) in [6.07, 6.45) is 1.59. The van der Waals surface area contributed by atoms with Gasteiger partial charge in [-0.15, -0.1) is 0 Å². The molecule has 4 aromatic rings. The monoisotopic (exact) mass is 452 g/mol. The van der Waals surface area contributed by atoms with Gasteiger partial charge >= 0.3 is 6.01 Å². The first-order valence-electron chi connectivity index (χ1n) is 11.5. The summed E-state index contributed by atoms with van der Waals surface area (Å²) in [6.45, 7) is 0.304. The zero-order chi connectivity index (χ0) is 23.0. The molecule has 0 aliphatic carbocycles. The van der Waals surface area contributed by atoms with Crippen LogP contribution in [0.25, 0.3) is 0 Å². The molecule has 3 atom stereocenters. The van der Waals surface area contributed by atoms with Crippen molar-refractivity contribution in [2.45, 2.75) is 30.5 Å². The van der Waals surface area contributed by atoms with Gasteiger partial charge in [-0.1, -0.05) is 91.0 Å². The zero-order valence-electron chi connectivity index (χ0n) is 18.5. The van der Waals surface area contributed by atoms with Gasteiger partial charge in [0.25, 0.3) is 5.56 Å². The Morgan fingerprint density at radius 1 is 0.853 bits per heavy atom. The average Bonchev–Trinajstić information content (AvgIpc) is 3.22. The second kappa shape index (κ2) is 8.56. The standard InChI is InChI=1S/C28H24N2O4/c31-25-16-17-30-26-18-23(34-27(30)29-25)24(33-26)19-32-28(20-10-4-1-5-11-20,21-12-6-2-7-13-21)22-14-8-3-9-15-22/h1-17,23-24,26H,18-19H2/t23-,24+,26-/m1/s1. The third-order valence-corrected chi connectivity index (χ3v) is 6.56. The van der Waals surface area contributed by atoms with Gasteiger partial charge in [0.05, 0.1) is 6.61 Å². The lowest BCUT2D eigenvalue weighted by atomic mass is 9.80. The van der Waals surface area contributed by atoms with E-state index in [0.717, 1.165) is 16.7 Å². The number of benzene rings is 3. The van der Waals surface area contributed by atoms with E-state index in [-0.39, 0.29) is 24.0 Å². The van der Waals surface area contributed by atoms with Crippen LogP contribution in [0.15, 0.2) is 108 Å². The van der Waals surface area contributed by atoms with Gasteiger partial charge < -0.3 is 14.2 Å². The molecule has 0 unspecified atom stereocenters. The first-order chi connectivity index (χ1) is 16.7. The van der Waals surface area contributed by atoms with Crippen molar-refractivity contribution in [1.82, 2.24) is 9.55 Å². The molecule has 6 nitrogen and oxygen atoms in total. The SMILES string of the molecule is O=c1ccn2c(n1)O[C@@H]1C[C@H]2O[C@H]1COC(c1ccccc1)(c1ccccc1)c1ccccc1. The normalized spacial score (nSPS) is 21.0. The molecule has 0 N–H and O–H groups in total. The van der Waals surface area contributed by atoms with Gasteiger partial charge in [0, 0.05) is 18.7 Å². The first-order valence-corrected chi connectivity index (χ1v) is 11.5. The second-order valence-corrected chi connectivity index (χ2v) is 8.57. The maximum Gasteiger partial charge on any atom is 0.302 e. The lowest BCUT2D eigenvalue weighted by molar-refractivity contribution is -0.0815. The van der Waals surface area contributed by atoms with E-state index < -0.39 is 5.60 Å². The summed E-state index contributed by atoms with van der Waals surface area (Å²) < 4.78 is 21.1. The zero-order valence-corrected chi connectivity index (χ0v) is 18.5. The minimum atomic E-state index is -0.829. The third-order valence-electron chi connectivity index (χ3n) is 6.56. The van der Waals surface area contributed by atoms with Crippen LogP contribution in [0, 0.1) is 0 Å². The van der Waals surface area contributed by atoms with E-state index in [9.17, 15) is 4.79 Å². The number of fused-ring (bicyclic) bond motifs is 4. The number of nitrogens with zero attached hydrogens (tertiary/aromatic N) is 2. The molecule has 6 heteroatoms. The van der Waals surface area contributed by atoms with E-state index in [2.05, 4.69) is 41.4 Å². The number of hydrogen-bond donors (Lipinski definition) is 0. The highest BCUT2D eigenvalue weighted by Gasteiger charge is 2.45. The summed E-state index contributed by atoms with van der Waals surface area (Å²) >= 11 is 0. The summed E-state index contributed by atoms with van der Waals surface area (Å²) in [7, 11) is 0. The van der Waals surface area contributed by atoms with Crippen LogP contribution in [0.5, 0.6) is 6.01 Å². The molecule has 3 heterocycles. The Bertz CT molecular complexity index is 1230. The quantitative estimate of drug-likeness (QED) is 0.408. The molecule has 170 valence electrons. The Labute approximate surface area is 197 Å². The Hall–Kier alpha value is -3.74. The van der Waals surface area contributed by atoms with Crippen molar-refractivity contribution in [3.05, 3.63) is 130 Å². The Morgan fingerprint density at radius 3 is 1.97 bits per heavy atom. The van der Waals surface area contributed by atoms with Crippen LogP contribution in [0.3, 0.4) is 0 Å². The van der Waals surface area contributed by atoms with Crippen LogP contribution in [-0.2, 0) is 15.1 Å². The molecule has 0 spiro atoms. The average molecular weight is 453 g/mol. The van der Waals surface area contributed by atoms with Crippen molar-refractivity contribution in [3.63, 3.8) is 0 Å². The summed E-state index contributed by atoms with van der Waals surface area (Å²) in [4.78, 5) is 15.7. The molecule has 1 saturated heterocycles. The molecule has 2 aliphatic rings. The Morgan fingerprint density at radius 2 is 1.41 bits per heavy atom. The van der Waals surface area contributed by atoms with Crippen LogP contribution in [0.4, 0.5) is 0 Å². The molecule has 2 aliphatic heterocycles. The number of ether oxygens (including phenoxy) is 3. The fraction of sp³-hybridized carbons (Fsp3) is 0.214. The Kier molecular flexibility index (Phi) is 5.24. The van der Waals surface area contributed by atoms with Crippen molar-refractivity contribution in [1.29, 1.82) is 0 Å². The highest BCUT2D eigenvalue weighted by molar-refractivity contribution is 5.47. The molecular weight excluding hydrogens is 428 g/mol. The number of aromatic nitrogens is 2. The molecule has 3 aromatic carbocycles. The van der Waals surface area contributed by atoms with Crippen molar-refractivity contribution in [2.24, 2.45) is 0 Å². The number of rotatable bonds is 6. The Balaban J connectivity index is 1.38. The second-order valence-electron chi connectivity index (χ2n) is 8.57. The molecule has 0 amide bonds. The topological polar surface area (TPSA) is 62.6 Å². The van der Waals surface area contributed by atoms with E-state index >= 15 is 0 Å². The number of hydrogen-bond acceptors (Lipinski definition) is 5. The summed E-state index contributed by atoms with van der Waals surface area (Å²) in [5.74, 6) is 0. The third kappa shape index (κ3) is 3.52. The lowest BCUT2D eigenvalue weighted by Gasteiger charge is -2.37. The fourth-order valence-electron chi connectivity index (χ4n) is 4.96. The molecule has 0 saturated carbocycles. The van der Waals surface area contributed by atoms with E-state index in [0.29, 0.717) is 19.0 Å². The molecular formula is C28H24N2O4. The minimum Gasteiger partial charge on any atom is -0.458 e. The van der Waals surface area contributed by atoms with E-state index in [1.54, 1.807) is 10.8 Å². The van der Waals surface area contributed by atoms with Crippen LogP contribution < -0.4 is 10.3 Å². The van der Waals surface area contributed by atoms with Gasteiger partial charge in [-0.2, -0.15) is 4.98 Å². The maximum atomic E-state index is 11.7. The molecule has 6 rings (SSSR count). The summed E-state index contributed by atoms with van der Waals surface area (Å²) in [6, 6.07) is 32.5. The smallest absolute Gasteiger partial charge is 0.302 e. The molecule has 2 bridgehead atoms. The predicted molar refractivity (Wildman–Crippen MR) is 127 cm³/mol. The maximum absolute atomic E-state index is 11.7. The van der Waals surface area contributed by atoms with Crippen molar-refractivity contribution >= 4 is 0 Å². The lowest BCUT2D eigenvalue weighted by Crippen LogP contribution is -2.39. The summed E-state index contributed by atoms with van der Waals surface area (Å²) in [5.41, 5.74) is 1.94. The van der Waals surface area contributed by atoms with Crippen LogP contribution in [0.2, 0.25) is 0 Å². The van der Waals surface area contributed by atoms with Crippen LogP contribution in [0.1, 0.15) is 29.3 Å². The van der Waals surface area contributed by atoms with Gasteiger partial charge in [0.1, 0.15) is 24.0 Å². The van der Waals surface area contributed by atoms with Crippen molar-refractivity contribution < 1.29 is 14.2 Å². The van der Waals surface area contributed by atoms with E-state index in [4.69, 9.17) is 14.2 Å². The highest BCUT2D eigenvalue weighted by atomic mass is 16.6. The highest BCUT2D eigenvalue weighted by Crippen LogP contribution is 2.43. The molecule has 1 fully saturated rings. The van der Waals surface area contributed by atoms with E-state index in [1.165, 1.54) is 6.07 Å². The predicted octanol–water partition coefficient (Wildman–Crippen LogP) is 4.30. The molecule has 1 aromatic heterocycles. The van der Waals surface area contributed by atoms with Crippen LogP contribution >= 0.6 is 0 Å². The van der Waals surface area contributed by atoms with Crippen molar-refractivity contribution in [3.8, 4) is 6.01 Å². The molecule has 34 heavy (non-hydrogen) atoms. The first kappa shape index (κ1) is 20.8. The van der Waals surface area contributed by atoms with Crippen molar-refractivity contribution in [2.75, 3.05) is 6.61 Å². The van der Waals surface area contributed by atoms with Gasteiger partial charge in [-0.25, -0.2) is 0 Å². The van der Waals surface area contributed by atoms with Gasteiger partial charge in [0.2, 0.25) is 0 Å². The molecule has 0 radical (unpaired) electrons.